The zero-order valence-electron chi connectivity index (χ0n) is 18.5. The van der Waals surface area contributed by atoms with Gasteiger partial charge < -0.3 is 10.2 Å². The summed E-state index contributed by atoms with van der Waals surface area (Å²) in [6.45, 7) is 1.87. The van der Waals surface area contributed by atoms with Crippen LogP contribution in [0.2, 0.25) is 0 Å². The summed E-state index contributed by atoms with van der Waals surface area (Å²) in [5.41, 5.74) is 5.33. The van der Waals surface area contributed by atoms with Gasteiger partial charge in [0.15, 0.2) is 0 Å². The molecule has 2 saturated carbocycles. The van der Waals surface area contributed by atoms with Gasteiger partial charge in [0.05, 0.1) is 6.34 Å². The number of amidine groups is 1. The average Bonchev–Trinajstić information content (AvgIpc) is 3.73. The second-order valence-corrected chi connectivity index (χ2v) is 8.78. The van der Waals surface area contributed by atoms with Crippen LogP contribution in [0.1, 0.15) is 59.0 Å². The Labute approximate surface area is 192 Å². The Morgan fingerprint density at radius 2 is 1.91 bits per heavy atom. The first-order chi connectivity index (χ1) is 16.0. The molecule has 166 valence electrons. The zero-order chi connectivity index (χ0) is 22.9. The van der Waals surface area contributed by atoms with Crippen LogP contribution in [0, 0.1) is 17.7 Å². The van der Waals surface area contributed by atoms with Crippen molar-refractivity contribution >= 4 is 23.8 Å². The number of carbonyl (C=O) groups excluding carboxylic acids is 1. The summed E-state index contributed by atoms with van der Waals surface area (Å²) in [5.74, 6) is 0.561. The van der Waals surface area contributed by atoms with E-state index in [1.165, 1.54) is 19.2 Å². The average molecular weight is 439 g/mol. The van der Waals surface area contributed by atoms with E-state index in [2.05, 4.69) is 27.4 Å². The van der Waals surface area contributed by atoms with E-state index < -0.39 is 0 Å². The summed E-state index contributed by atoms with van der Waals surface area (Å²) < 4.78 is 0. The summed E-state index contributed by atoms with van der Waals surface area (Å²) >= 11 is 0. The minimum atomic E-state index is -0.308. The van der Waals surface area contributed by atoms with Gasteiger partial charge in [-0.3, -0.25) is 20.6 Å². The fourth-order valence-electron chi connectivity index (χ4n) is 3.94. The smallest absolute Gasteiger partial charge is 0.274 e. The Bertz CT molecular complexity index is 1230. The Morgan fingerprint density at radius 1 is 1.09 bits per heavy atom. The molecule has 7 nitrogen and oxygen atoms in total. The minimum Gasteiger partial charge on any atom is -0.321 e. The number of nitrogens with zero attached hydrogens (tertiary/aromatic N) is 3. The maximum atomic E-state index is 13.0. The highest BCUT2D eigenvalue weighted by Crippen LogP contribution is 2.39. The van der Waals surface area contributed by atoms with Gasteiger partial charge in [0.2, 0.25) is 0 Å². The van der Waals surface area contributed by atoms with Crippen molar-refractivity contribution in [2.75, 3.05) is 5.32 Å². The Balaban J connectivity index is 1.34. The number of rotatable bonds is 7. The van der Waals surface area contributed by atoms with E-state index in [1.807, 2.05) is 25.3 Å². The molecule has 0 spiro atoms. The highest BCUT2D eigenvalue weighted by atomic mass is 16.1. The van der Waals surface area contributed by atoms with Crippen LogP contribution >= 0.6 is 0 Å². The van der Waals surface area contributed by atoms with Crippen LogP contribution in [0.3, 0.4) is 0 Å². The maximum absolute atomic E-state index is 13.0. The summed E-state index contributed by atoms with van der Waals surface area (Å²) in [7, 11) is 0. The number of nitrogens with one attached hydrogen (secondary N) is 3. The third-order valence-corrected chi connectivity index (χ3v) is 6.03. The molecule has 0 bridgehead atoms. The molecule has 33 heavy (non-hydrogen) atoms. The van der Waals surface area contributed by atoms with Crippen molar-refractivity contribution in [2.24, 2.45) is 0 Å². The van der Waals surface area contributed by atoms with E-state index in [1.54, 1.807) is 29.2 Å². The fourth-order valence-corrected chi connectivity index (χ4v) is 3.94. The molecule has 2 fully saturated rings. The van der Waals surface area contributed by atoms with Crippen LogP contribution in [0.5, 0.6) is 0 Å². The van der Waals surface area contributed by atoms with Crippen LogP contribution in [0.4, 0.5) is 5.69 Å². The molecule has 0 atom stereocenters. The molecular formula is C26H26N6O. The molecule has 2 aliphatic carbocycles. The van der Waals surface area contributed by atoms with Crippen molar-refractivity contribution in [1.82, 2.24) is 14.9 Å². The number of anilines is 1. The van der Waals surface area contributed by atoms with Gasteiger partial charge >= 0.3 is 0 Å². The highest BCUT2D eigenvalue weighted by Gasteiger charge is 2.30. The van der Waals surface area contributed by atoms with Crippen LogP contribution in [0.25, 0.3) is 11.1 Å². The number of benzene rings is 1. The molecule has 0 aliphatic heterocycles. The SMILES string of the molecule is Cc1cc(-c2ccc(C3CC3)nc2)cc(C(=O)Nc2cccc(C(=N)N(C=N)C3CC3)c2)n1. The number of hydrogen-bond acceptors (Lipinski definition) is 5. The number of aromatic nitrogens is 2. The molecule has 5 rings (SSSR count). The van der Waals surface area contributed by atoms with Crippen LogP contribution < -0.4 is 5.32 Å². The van der Waals surface area contributed by atoms with Crippen LogP contribution in [0.15, 0.2) is 54.7 Å². The molecule has 2 aliphatic rings. The fraction of sp³-hybridized carbons (Fsp3) is 0.269. The molecule has 3 aromatic rings. The molecule has 1 amide bonds. The van der Waals surface area contributed by atoms with E-state index in [9.17, 15) is 4.79 Å². The first-order valence-corrected chi connectivity index (χ1v) is 11.3. The lowest BCUT2D eigenvalue weighted by atomic mass is 10.1. The first-order valence-electron chi connectivity index (χ1n) is 11.3. The number of pyridine rings is 2. The van der Waals surface area contributed by atoms with E-state index in [0.717, 1.165) is 35.4 Å². The van der Waals surface area contributed by atoms with E-state index in [0.29, 0.717) is 22.9 Å². The van der Waals surface area contributed by atoms with Crippen LogP contribution in [-0.4, -0.2) is 39.0 Å². The lowest BCUT2D eigenvalue weighted by Gasteiger charge is -2.19. The first kappa shape index (κ1) is 21.0. The van der Waals surface area contributed by atoms with Gasteiger partial charge in [-0.1, -0.05) is 18.2 Å². The molecule has 3 N–H and O–H groups in total. The monoisotopic (exact) mass is 438 g/mol. The number of aryl methyl sites for hydroxylation is 1. The molecule has 1 aromatic carbocycles. The normalized spacial score (nSPS) is 15.1. The Kier molecular flexibility index (Phi) is 5.46. The maximum Gasteiger partial charge on any atom is 0.274 e. The molecule has 0 radical (unpaired) electrons. The van der Waals surface area contributed by atoms with Gasteiger partial charge in [-0.15, -0.1) is 0 Å². The van der Waals surface area contributed by atoms with Crippen molar-refractivity contribution in [3.8, 4) is 11.1 Å². The van der Waals surface area contributed by atoms with E-state index in [-0.39, 0.29) is 17.8 Å². The van der Waals surface area contributed by atoms with Crippen molar-refractivity contribution < 1.29 is 4.79 Å². The number of hydrogen-bond donors (Lipinski definition) is 3. The molecule has 7 heteroatoms. The van der Waals surface area contributed by atoms with Crippen molar-refractivity contribution in [1.29, 1.82) is 10.8 Å². The van der Waals surface area contributed by atoms with Gasteiger partial charge in [-0.2, -0.15) is 0 Å². The third kappa shape index (κ3) is 4.67. The summed E-state index contributed by atoms with van der Waals surface area (Å²) in [6, 6.07) is 15.3. The largest absolute Gasteiger partial charge is 0.321 e. The predicted octanol–water partition coefficient (Wildman–Crippen LogP) is 4.98. The van der Waals surface area contributed by atoms with Gasteiger partial charge in [0.25, 0.3) is 5.91 Å². The Morgan fingerprint density at radius 3 is 2.58 bits per heavy atom. The highest BCUT2D eigenvalue weighted by molar-refractivity contribution is 6.06. The van der Waals surface area contributed by atoms with Gasteiger partial charge in [0.1, 0.15) is 11.5 Å². The quantitative estimate of drug-likeness (QED) is 0.357. The number of carbonyl (C=O) groups is 1. The minimum absolute atomic E-state index is 0.232. The molecule has 2 aromatic heterocycles. The molecule has 2 heterocycles. The zero-order valence-corrected chi connectivity index (χ0v) is 18.5. The lowest BCUT2D eigenvalue weighted by molar-refractivity contribution is 0.102. The predicted molar refractivity (Wildman–Crippen MR) is 129 cm³/mol. The third-order valence-electron chi connectivity index (χ3n) is 6.03. The van der Waals surface area contributed by atoms with Crippen LogP contribution in [-0.2, 0) is 0 Å². The standard InChI is InChI=1S/C26H26N6O/c1-16-11-20(19-7-10-23(29-14-19)17-5-6-17)13-24(30-16)26(33)31-21-4-2-3-18(12-21)25(28)32(15-27)22-8-9-22/h2-4,7,10-15,17,22,27-28H,5-6,8-9H2,1H3,(H,31,33). The second kappa shape index (κ2) is 8.58. The second-order valence-electron chi connectivity index (χ2n) is 8.78. The van der Waals surface area contributed by atoms with E-state index >= 15 is 0 Å². The van der Waals surface area contributed by atoms with Gasteiger partial charge in [-0.25, -0.2) is 4.98 Å². The molecule has 0 saturated heterocycles. The molecule has 0 unspecified atom stereocenters. The van der Waals surface area contributed by atoms with Crippen molar-refractivity contribution in [3.05, 3.63) is 77.4 Å². The Hall–Kier alpha value is -3.87. The van der Waals surface area contributed by atoms with Gasteiger partial charge in [-0.05, 0) is 68.5 Å². The van der Waals surface area contributed by atoms with Crippen molar-refractivity contribution in [3.63, 3.8) is 0 Å². The topological polar surface area (TPSA) is 106 Å². The van der Waals surface area contributed by atoms with Gasteiger partial charge in [0, 0.05) is 46.4 Å². The molecular weight excluding hydrogens is 412 g/mol. The summed E-state index contributed by atoms with van der Waals surface area (Å²) in [6.07, 6.45) is 7.49. The van der Waals surface area contributed by atoms with E-state index in [4.69, 9.17) is 10.8 Å². The lowest BCUT2D eigenvalue weighted by Crippen LogP contribution is -2.31. The number of amides is 1. The summed E-state index contributed by atoms with van der Waals surface area (Å²) in [5, 5.41) is 19.0. The summed E-state index contributed by atoms with van der Waals surface area (Å²) in [4.78, 5) is 23.7. The van der Waals surface area contributed by atoms with Crippen molar-refractivity contribution in [2.45, 2.75) is 44.6 Å².